The largest absolute Gasteiger partial charge is 0.457 e. The van der Waals surface area contributed by atoms with Crippen LogP contribution in [0.2, 0.25) is 0 Å². The predicted molar refractivity (Wildman–Crippen MR) is 161 cm³/mol. The van der Waals surface area contributed by atoms with Crippen molar-refractivity contribution < 1.29 is 27.1 Å². The highest BCUT2D eigenvalue weighted by Gasteiger charge is 2.32. The molecule has 0 bridgehead atoms. The Morgan fingerprint density at radius 3 is 2.14 bits per heavy atom. The zero-order chi connectivity index (χ0) is 30.1. The molecule has 0 radical (unpaired) electrons. The minimum absolute atomic E-state index is 0.0250. The van der Waals surface area contributed by atoms with E-state index in [-0.39, 0.29) is 24.2 Å². The van der Waals surface area contributed by atoms with Gasteiger partial charge in [-0.2, -0.15) is 0 Å². The van der Waals surface area contributed by atoms with E-state index in [1.54, 1.807) is 48.5 Å². The fraction of sp³-hybridized carbons (Fsp3) is 0.375. The highest BCUT2D eigenvalue weighted by atomic mass is 32.2. The fourth-order valence-electron chi connectivity index (χ4n) is 5.17. The molecule has 2 amide bonds. The summed E-state index contributed by atoms with van der Waals surface area (Å²) in [6, 6.07) is 20.5. The first-order valence-corrected chi connectivity index (χ1v) is 16.1. The summed E-state index contributed by atoms with van der Waals surface area (Å²) in [4.78, 5) is 28.8. The van der Waals surface area contributed by atoms with E-state index in [2.05, 4.69) is 5.32 Å². The van der Waals surface area contributed by atoms with E-state index >= 15 is 0 Å². The predicted octanol–water partition coefficient (Wildman–Crippen LogP) is 5.64. The van der Waals surface area contributed by atoms with Crippen molar-refractivity contribution in [3.05, 3.63) is 90.2 Å². The van der Waals surface area contributed by atoms with Gasteiger partial charge in [0.25, 0.3) is 0 Å². The molecule has 1 N–H and O–H groups in total. The van der Waals surface area contributed by atoms with Gasteiger partial charge in [0.1, 0.15) is 29.9 Å². The van der Waals surface area contributed by atoms with Crippen LogP contribution in [0.15, 0.2) is 78.9 Å². The average molecular weight is 596 g/mol. The molecule has 0 aromatic heterocycles. The van der Waals surface area contributed by atoms with Crippen LogP contribution in [0.3, 0.4) is 0 Å². The van der Waals surface area contributed by atoms with Gasteiger partial charge in [-0.05, 0) is 73.4 Å². The highest BCUT2D eigenvalue weighted by molar-refractivity contribution is 7.92. The number of sulfonamides is 1. The van der Waals surface area contributed by atoms with Gasteiger partial charge >= 0.3 is 0 Å². The summed E-state index contributed by atoms with van der Waals surface area (Å²) >= 11 is 0. The number of carbonyl (C=O) groups is 2. The number of nitrogens with zero attached hydrogens (tertiary/aromatic N) is 2. The van der Waals surface area contributed by atoms with Gasteiger partial charge in [0.05, 0.1) is 11.9 Å². The lowest BCUT2D eigenvalue weighted by atomic mass is 9.95. The topological polar surface area (TPSA) is 96.0 Å². The van der Waals surface area contributed by atoms with Gasteiger partial charge in [-0.3, -0.25) is 13.9 Å². The number of rotatable bonds is 12. The van der Waals surface area contributed by atoms with Crippen molar-refractivity contribution in [3.63, 3.8) is 0 Å². The molecule has 0 unspecified atom stereocenters. The van der Waals surface area contributed by atoms with Crippen molar-refractivity contribution in [1.82, 2.24) is 10.2 Å². The Bertz CT molecular complexity index is 1430. The number of anilines is 1. The van der Waals surface area contributed by atoms with Crippen molar-refractivity contribution in [2.45, 2.75) is 64.1 Å². The third-order valence-electron chi connectivity index (χ3n) is 7.39. The van der Waals surface area contributed by atoms with Crippen LogP contribution >= 0.6 is 0 Å². The number of ether oxygens (including phenoxy) is 1. The first-order chi connectivity index (χ1) is 20.1. The molecule has 0 aliphatic heterocycles. The number of nitrogens with one attached hydrogen (secondary N) is 1. The fourth-order valence-corrected chi connectivity index (χ4v) is 6.02. The van der Waals surface area contributed by atoms with Crippen LogP contribution in [0.5, 0.6) is 11.5 Å². The van der Waals surface area contributed by atoms with Crippen LogP contribution < -0.4 is 14.4 Å². The SMILES string of the molecule is CC[C@H](C(=O)NC1CCCCC1)N(Cc1ccc(F)cc1)C(=O)CN(c1ccc(Oc2ccccc2)cc1)S(C)(=O)=O. The number of halogens is 1. The van der Waals surface area contributed by atoms with Crippen molar-refractivity contribution in [3.8, 4) is 11.5 Å². The molecule has 224 valence electrons. The molecule has 42 heavy (non-hydrogen) atoms. The van der Waals surface area contributed by atoms with Crippen molar-refractivity contribution in [1.29, 1.82) is 0 Å². The Morgan fingerprint density at radius 2 is 1.55 bits per heavy atom. The maximum absolute atomic E-state index is 13.9. The quantitative estimate of drug-likeness (QED) is 0.292. The number of benzene rings is 3. The first kappa shape index (κ1) is 31.0. The first-order valence-electron chi connectivity index (χ1n) is 14.3. The number of hydrogen-bond acceptors (Lipinski definition) is 5. The van der Waals surface area contributed by atoms with E-state index in [1.807, 2.05) is 25.1 Å². The zero-order valence-corrected chi connectivity index (χ0v) is 24.9. The number of hydrogen-bond donors (Lipinski definition) is 1. The molecule has 3 aromatic carbocycles. The van der Waals surface area contributed by atoms with Gasteiger partial charge in [-0.1, -0.05) is 56.5 Å². The van der Waals surface area contributed by atoms with Crippen molar-refractivity contribution in [2.24, 2.45) is 0 Å². The number of carbonyl (C=O) groups excluding carboxylic acids is 2. The van der Waals surface area contributed by atoms with Gasteiger partial charge in [0, 0.05) is 12.6 Å². The smallest absolute Gasteiger partial charge is 0.244 e. The van der Waals surface area contributed by atoms with Crippen LogP contribution in [0.4, 0.5) is 10.1 Å². The maximum atomic E-state index is 13.9. The molecule has 8 nitrogen and oxygen atoms in total. The van der Waals surface area contributed by atoms with Crippen LogP contribution in [-0.2, 0) is 26.2 Å². The second-order valence-electron chi connectivity index (χ2n) is 10.6. The average Bonchev–Trinajstić information content (AvgIpc) is 2.98. The summed E-state index contributed by atoms with van der Waals surface area (Å²) < 4.78 is 46.2. The second-order valence-corrected chi connectivity index (χ2v) is 12.5. The Balaban J connectivity index is 1.57. The minimum atomic E-state index is -3.88. The Morgan fingerprint density at radius 1 is 0.929 bits per heavy atom. The maximum Gasteiger partial charge on any atom is 0.244 e. The van der Waals surface area contributed by atoms with Crippen LogP contribution in [-0.4, -0.2) is 50.0 Å². The monoisotopic (exact) mass is 595 g/mol. The van der Waals surface area contributed by atoms with Gasteiger partial charge in [0.15, 0.2) is 0 Å². The third kappa shape index (κ3) is 8.55. The van der Waals surface area contributed by atoms with Gasteiger partial charge in [-0.15, -0.1) is 0 Å². The number of amides is 2. The molecule has 1 atom stereocenters. The second kappa shape index (κ2) is 14.3. The normalized spacial score (nSPS) is 14.5. The Kier molecular flexibility index (Phi) is 10.6. The molecular weight excluding hydrogens is 557 g/mol. The molecule has 0 heterocycles. The van der Waals surface area contributed by atoms with Crippen LogP contribution in [0, 0.1) is 5.82 Å². The van der Waals surface area contributed by atoms with Crippen molar-refractivity contribution in [2.75, 3.05) is 17.1 Å². The summed E-state index contributed by atoms with van der Waals surface area (Å²) in [5, 5.41) is 3.10. The molecule has 1 aliphatic rings. The molecule has 10 heteroatoms. The third-order valence-corrected chi connectivity index (χ3v) is 8.53. The Labute approximate surface area is 247 Å². The van der Waals surface area contributed by atoms with E-state index in [4.69, 9.17) is 4.74 Å². The van der Waals surface area contributed by atoms with E-state index in [9.17, 15) is 22.4 Å². The summed E-state index contributed by atoms with van der Waals surface area (Å²) in [7, 11) is -3.88. The molecular formula is C32H38FN3O5S. The van der Waals surface area contributed by atoms with Crippen LogP contribution in [0.1, 0.15) is 51.0 Å². The zero-order valence-electron chi connectivity index (χ0n) is 24.0. The van der Waals surface area contributed by atoms with Gasteiger partial charge in [-0.25, -0.2) is 12.8 Å². The molecule has 3 aromatic rings. The molecule has 4 rings (SSSR count). The lowest BCUT2D eigenvalue weighted by Crippen LogP contribution is -2.53. The Hall–Kier alpha value is -3.92. The standard InChI is InChI=1S/C32H38FN3O5S/c1-3-30(32(38)34-26-10-6-4-7-11-26)35(22-24-14-16-25(33)17-15-24)31(37)23-36(42(2,39)40)27-18-20-29(21-19-27)41-28-12-8-5-9-13-28/h5,8-9,12-21,26,30H,3-4,6-7,10-11,22-23H2,1-2H3,(H,34,38)/t30-/m1/s1. The molecule has 0 spiro atoms. The minimum Gasteiger partial charge on any atom is -0.457 e. The molecule has 1 fully saturated rings. The van der Waals surface area contributed by atoms with Crippen molar-refractivity contribution >= 4 is 27.5 Å². The lowest BCUT2D eigenvalue weighted by molar-refractivity contribution is -0.140. The molecule has 1 saturated carbocycles. The molecule has 1 aliphatic carbocycles. The lowest BCUT2D eigenvalue weighted by Gasteiger charge is -2.34. The van der Waals surface area contributed by atoms with E-state index in [0.29, 0.717) is 23.5 Å². The molecule has 0 saturated heterocycles. The summed E-state index contributed by atoms with van der Waals surface area (Å²) in [6.45, 7) is 1.33. The highest BCUT2D eigenvalue weighted by Crippen LogP contribution is 2.26. The van der Waals surface area contributed by atoms with Gasteiger partial charge < -0.3 is 15.0 Å². The summed E-state index contributed by atoms with van der Waals surface area (Å²) in [6.07, 6.45) is 6.36. The van der Waals surface area contributed by atoms with E-state index in [0.717, 1.165) is 42.7 Å². The number of para-hydroxylation sites is 1. The van der Waals surface area contributed by atoms with E-state index < -0.39 is 34.3 Å². The van der Waals surface area contributed by atoms with E-state index in [1.165, 1.54) is 17.0 Å². The van der Waals surface area contributed by atoms with Crippen LogP contribution in [0.25, 0.3) is 0 Å². The summed E-state index contributed by atoms with van der Waals surface area (Å²) in [5.74, 6) is -0.0862. The van der Waals surface area contributed by atoms with Gasteiger partial charge in [0.2, 0.25) is 21.8 Å². The summed E-state index contributed by atoms with van der Waals surface area (Å²) in [5.41, 5.74) is 0.912.